The maximum Gasteiger partial charge on any atom is 0.341 e. The molecule has 2 aromatic rings. The van der Waals surface area contributed by atoms with Crippen molar-refractivity contribution in [2.24, 2.45) is 5.92 Å². The average Bonchev–Trinajstić information content (AvgIpc) is 2.67. The number of aliphatic carboxylic acids is 1. The number of carboxylic acids is 1. The number of amides is 1. The minimum absolute atomic E-state index is 0.300. The molecule has 0 spiro atoms. The van der Waals surface area contributed by atoms with Crippen LogP contribution in [-0.2, 0) is 4.79 Å². The molecule has 0 unspecified atom stereocenters. The van der Waals surface area contributed by atoms with Gasteiger partial charge in [-0.05, 0) is 54.8 Å². The summed E-state index contributed by atoms with van der Waals surface area (Å²) < 4.78 is 16.1. The molecule has 150 valence electrons. The molecule has 0 aliphatic carbocycles. The van der Waals surface area contributed by atoms with E-state index in [0.29, 0.717) is 41.0 Å². The second-order valence-electron chi connectivity index (χ2n) is 6.56. The van der Waals surface area contributed by atoms with Crippen LogP contribution in [0.2, 0.25) is 0 Å². The Hall–Kier alpha value is -3.22. The molecular formula is C21H25NO6. The molecule has 0 fully saturated rings. The van der Waals surface area contributed by atoms with Crippen molar-refractivity contribution in [3.05, 3.63) is 48.0 Å². The Morgan fingerprint density at radius 1 is 1.04 bits per heavy atom. The highest BCUT2D eigenvalue weighted by Crippen LogP contribution is 2.29. The lowest BCUT2D eigenvalue weighted by atomic mass is 10.1. The van der Waals surface area contributed by atoms with E-state index in [9.17, 15) is 9.59 Å². The van der Waals surface area contributed by atoms with Crippen molar-refractivity contribution in [2.45, 2.75) is 20.3 Å². The topological polar surface area (TPSA) is 94.1 Å². The van der Waals surface area contributed by atoms with Crippen LogP contribution in [0.15, 0.2) is 42.5 Å². The Bertz CT molecular complexity index is 801. The number of carbonyl (C=O) groups is 2. The molecule has 7 nitrogen and oxygen atoms in total. The smallest absolute Gasteiger partial charge is 0.341 e. The molecule has 0 atom stereocenters. The number of methoxy groups -OCH3 is 1. The normalized spacial score (nSPS) is 10.4. The highest BCUT2D eigenvalue weighted by Gasteiger charge is 2.12. The van der Waals surface area contributed by atoms with Crippen molar-refractivity contribution >= 4 is 17.6 Å². The van der Waals surface area contributed by atoms with Gasteiger partial charge in [-0.1, -0.05) is 13.8 Å². The van der Waals surface area contributed by atoms with Gasteiger partial charge in [-0.25, -0.2) is 4.79 Å². The van der Waals surface area contributed by atoms with Crippen LogP contribution in [-0.4, -0.2) is 37.3 Å². The molecule has 0 bridgehead atoms. The number of hydrogen-bond acceptors (Lipinski definition) is 5. The highest BCUT2D eigenvalue weighted by molar-refractivity contribution is 6.04. The quantitative estimate of drug-likeness (QED) is 0.643. The van der Waals surface area contributed by atoms with Crippen molar-refractivity contribution < 1.29 is 28.9 Å². The van der Waals surface area contributed by atoms with E-state index in [1.54, 1.807) is 42.5 Å². The average molecular weight is 387 g/mol. The first-order chi connectivity index (χ1) is 13.4. The van der Waals surface area contributed by atoms with E-state index in [2.05, 4.69) is 19.2 Å². The van der Waals surface area contributed by atoms with Gasteiger partial charge in [0.1, 0.15) is 5.75 Å². The van der Waals surface area contributed by atoms with Gasteiger partial charge in [0.25, 0.3) is 5.91 Å². The minimum atomic E-state index is -1.05. The molecule has 0 saturated carbocycles. The summed E-state index contributed by atoms with van der Waals surface area (Å²) in [4.78, 5) is 23.0. The lowest BCUT2D eigenvalue weighted by Gasteiger charge is -2.13. The Morgan fingerprint density at radius 3 is 2.36 bits per heavy atom. The zero-order valence-electron chi connectivity index (χ0n) is 16.2. The van der Waals surface area contributed by atoms with E-state index in [0.717, 1.165) is 6.42 Å². The van der Waals surface area contributed by atoms with Crippen LogP contribution < -0.4 is 19.5 Å². The van der Waals surface area contributed by atoms with Gasteiger partial charge in [0.15, 0.2) is 18.1 Å². The summed E-state index contributed by atoms with van der Waals surface area (Å²) in [5, 5.41) is 11.4. The maximum absolute atomic E-state index is 12.5. The lowest BCUT2D eigenvalue weighted by Crippen LogP contribution is -2.12. The van der Waals surface area contributed by atoms with Gasteiger partial charge in [-0.2, -0.15) is 0 Å². The summed E-state index contributed by atoms with van der Waals surface area (Å²) >= 11 is 0. The molecule has 2 aromatic carbocycles. The number of ether oxygens (including phenoxy) is 3. The van der Waals surface area contributed by atoms with E-state index in [-0.39, 0.29) is 5.91 Å². The zero-order valence-corrected chi connectivity index (χ0v) is 16.2. The predicted molar refractivity (Wildman–Crippen MR) is 105 cm³/mol. The summed E-state index contributed by atoms with van der Waals surface area (Å²) in [6.07, 6.45) is 0.928. The van der Waals surface area contributed by atoms with Crippen LogP contribution in [0.4, 0.5) is 5.69 Å². The van der Waals surface area contributed by atoms with E-state index in [4.69, 9.17) is 19.3 Å². The van der Waals surface area contributed by atoms with Gasteiger partial charge in [0.05, 0.1) is 13.7 Å². The van der Waals surface area contributed by atoms with Crippen LogP contribution in [0.5, 0.6) is 17.2 Å². The van der Waals surface area contributed by atoms with Crippen LogP contribution in [0.3, 0.4) is 0 Å². The summed E-state index contributed by atoms with van der Waals surface area (Å²) in [7, 11) is 1.53. The Morgan fingerprint density at radius 2 is 1.75 bits per heavy atom. The van der Waals surface area contributed by atoms with E-state index in [1.165, 1.54) is 7.11 Å². The van der Waals surface area contributed by atoms with Gasteiger partial charge < -0.3 is 24.6 Å². The number of anilines is 1. The molecule has 28 heavy (non-hydrogen) atoms. The minimum Gasteiger partial charge on any atom is -0.493 e. The Kier molecular flexibility index (Phi) is 7.68. The summed E-state index contributed by atoms with van der Waals surface area (Å²) in [6, 6.07) is 11.5. The zero-order chi connectivity index (χ0) is 20.5. The Labute approximate surface area is 164 Å². The van der Waals surface area contributed by atoms with Crippen molar-refractivity contribution in [3.63, 3.8) is 0 Å². The number of rotatable bonds is 10. The first-order valence-corrected chi connectivity index (χ1v) is 8.96. The van der Waals surface area contributed by atoms with Crippen molar-refractivity contribution in [2.75, 3.05) is 25.6 Å². The van der Waals surface area contributed by atoms with Crippen LogP contribution >= 0.6 is 0 Å². The summed E-state index contributed by atoms with van der Waals surface area (Å²) in [6.45, 7) is 4.41. The fraction of sp³-hybridized carbons (Fsp3) is 0.333. The fourth-order valence-electron chi connectivity index (χ4n) is 2.32. The molecule has 1 amide bonds. The fourth-order valence-corrected chi connectivity index (χ4v) is 2.32. The van der Waals surface area contributed by atoms with Crippen molar-refractivity contribution in [1.29, 1.82) is 0 Å². The van der Waals surface area contributed by atoms with Gasteiger partial charge in [0.2, 0.25) is 0 Å². The first-order valence-electron chi connectivity index (χ1n) is 8.96. The monoisotopic (exact) mass is 387 g/mol. The molecule has 7 heteroatoms. The number of nitrogens with one attached hydrogen (secondary N) is 1. The Balaban J connectivity index is 2.00. The van der Waals surface area contributed by atoms with Crippen LogP contribution in [0, 0.1) is 5.92 Å². The van der Waals surface area contributed by atoms with Gasteiger partial charge in [0, 0.05) is 11.3 Å². The summed E-state index contributed by atoms with van der Waals surface area (Å²) in [5.74, 6) is 0.685. The maximum atomic E-state index is 12.5. The second-order valence-corrected chi connectivity index (χ2v) is 6.56. The van der Waals surface area contributed by atoms with Crippen molar-refractivity contribution in [3.8, 4) is 17.2 Å². The molecule has 2 rings (SSSR count). The van der Waals surface area contributed by atoms with Gasteiger partial charge in [-0.15, -0.1) is 0 Å². The largest absolute Gasteiger partial charge is 0.493 e. The van der Waals surface area contributed by atoms with Crippen molar-refractivity contribution in [1.82, 2.24) is 0 Å². The third-order valence-corrected chi connectivity index (χ3v) is 3.85. The second kappa shape index (κ2) is 10.2. The standard InChI is InChI=1S/C21H25NO6/c1-14(2)10-11-27-18-9-4-15(12-19(18)26-3)21(25)22-16-5-7-17(8-6-16)28-13-20(23)24/h4-9,12,14H,10-11,13H2,1-3H3,(H,22,25)(H,23,24). The van der Waals surface area contributed by atoms with Gasteiger partial charge >= 0.3 is 5.97 Å². The third kappa shape index (κ3) is 6.50. The highest BCUT2D eigenvalue weighted by atomic mass is 16.5. The molecule has 0 radical (unpaired) electrons. The molecule has 2 N–H and O–H groups in total. The predicted octanol–water partition coefficient (Wildman–Crippen LogP) is 3.84. The molecule has 0 aliphatic heterocycles. The number of hydrogen-bond donors (Lipinski definition) is 2. The molecule has 0 saturated heterocycles. The van der Waals surface area contributed by atoms with E-state index in [1.807, 2.05) is 0 Å². The number of carboxylic acid groups (broad SMARTS) is 1. The lowest BCUT2D eigenvalue weighted by molar-refractivity contribution is -0.139. The van der Waals surface area contributed by atoms with E-state index < -0.39 is 12.6 Å². The van der Waals surface area contributed by atoms with Crippen LogP contribution in [0.1, 0.15) is 30.6 Å². The molecular weight excluding hydrogens is 362 g/mol. The first kappa shape index (κ1) is 21.1. The molecule has 0 aromatic heterocycles. The summed E-state index contributed by atoms with van der Waals surface area (Å²) in [5.41, 5.74) is 0.989. The third-order valence-electron chi connectivity index (χ3n) is 3.85. The van der Waals surface area contributed by atoms with E-state index >= 15 is 0 Å². The number of benzene rings is 2. The SMILES string of the molecule is COc1cc(C(=O)Nc2ccc(OCC(=O)O)cc2)ccc1OCCC(C)C. The van der Waals surface area contributed by atoms with Gasteiger partial charge in [-0.3, -0.25) is 4.79 Å². The number of carbonyl (C=O) groups excluding carboxylic acids is 1. The molecule has 0 aliphatic rings. The molecule has 0 heterocycles. The van der Waals surface area contributed by atoms with Crippen LogP contribution in [0.25, 0.3) is 0 Å².